The van der Waals surface area contributed by atoms with Crippen molar-refractivity contribution in [2.24, 2.45) is 0 Å². The van der Waals surface area contributed by atoms with Gasteiger partial charge in [-0.15, -0.1) is 0 Å². The smallest absolute Gasteiger partial charge is 0.303 e. The molecule has 4 nitrogen and oxygen atoms in total. The minimum absolute atomic E-state index is 0.462. The van der Waals surface area contributed by atoms with Crippen LogP contribution in [-0.2, 0) is 9.59 Å². The first-order valence-electron chi connectivity index (χ1n) is 3.82. The van der Waals surface area contributed by atoms with E-state index in [0.29, 0.717) is 18.7 Å². The van der Waals surface area contributed by atoms with Crippen LogP contribution in [0, 0.1) is 0 Å². The van der Waals surface area contributed by atoms with E-state index in [-0.39, 0.29) is 0 Å². The maximum Gasteiger partial charge on any atom is 0.303 e. The van der Waals surface area contributed by atoms with Crippen molar-refractivity contribution in [2.75, 3.05) is 12.3 Å². The molecule has 1 aliphatic rings. The highest BCUT2D eigenvalue weighted by Crippen LogP contribution is 2.15. The molecule has 1 heterocycles. The van der Waals surface area contributed by atoms with Crippen molar-refractivity contribution in [2.45, 2.75) is 19.6 Å². The summed E-state index contributed by atoms with van der Waals surface area (Å²) < 4.78 is 0. The van der Waals surface area contributed by atoms with Gasteiger partial charge in [0.15, 0.2) is 0 Å². The molecule has 0 bridgehead atoms. The van der Waals surface area contributed by atoms with Crippen molar-refractivity contribution in [3.8, 4) is 0 Å². The standard InChI is InChI=1S/C7H11NO3S/c1-2-5(9)8-3-4-12-7(11)6(8)10/h5,9H,2-4H2,1H3. The van der Waals surface area contributed by atoms with Crippen molar-refractivity contribution in [1.82, 2.24) is 4.90 Å². The second kappa shape index (κ2) is 3.91. The molecule has 0 aromatic carbocycles. The molecule has 1 aliphatic heterocycles. The number of aliphatic hydroxyl groups excluding tert-OH is 1. The average molecular weight is 189 g/mol. The number of amides is 1. The van der Waals surface area contributed by atoms with Crippen LogP contribution in [0.25, 0.3) is 0 Å². The van der Waals surface area contributed by atoms with E-state index in [2.05, 4.69) is 0 Å². The zero-order valence-corrected chi connectivity index (χ0v) is 7.63. The van der Waals surface area contributed by atoms with Crippen LogP contribution in [0.3, 0.4) is 0 Å². The van der Waals surface area contributed by atoms with Gasteiger partial charge < -0.3 is 10.0 Å². The van der Waals surface area contributed by atoms with E-state index < -0.39 is 17.3 Å². The van der Waals surface area contributed by atoms with Crippen molar-refractivity contribution < 1.29 is 14.7 Å². The minimum atomic E-state index is -0.803. The Labute approximate surface area is 74.9 Å². The summed E-state index contributed by atoms with van der Waals surface area (Å²) in [5.41, 5.74) is 0. The van der Waals surface area contributed by atoms with E-state index in [9.17, 15) is 14.7 Å². The molecule has 68 valence electrons. The first-order valence-corrected chi connectivity index (χ1v) is 4.81. The first kappa shape index (κ1) is 9.54. The lowest BCUT2D eigenvalue weighted by molar-refractivity contribution is -0.148. The number of aliphatic hydroxyl groups is 1. The van der Waals surface area contributed by atoms with Crippen LogP contribution in [0.2, 0.25) is 0 Å². The molecular weight excluding hydrogens is 178 g/mol. The van der Waals surface area contributed by atoms with E-state index in [1.807, 2.05) is 0 Å². The monoisotopic (exact) mass is 189 g/mol. The molecule has 12 heavy (non-hydrogen) atoms. The number of hydrogen-bond acceptors (Lipinski definition) is 4. The fraction of sp³-hybridized carbons (Fsp3) is 0.714. The Bertz CT molecular complexity index is 207. The Kier molecular flexibility index (Phi) is 3.11. The lowest BCUT2D eigenvalue weighted by Crippen LogP contribution is -2.47. The van der Waals surface area contributed by atoms with Crippen molar-refractivity contribution >= 4 is 22.8 Å². The van der Waals surface area contributed by atoms with E-state index in [0.717, 1.165) is 11.8 Å². The van der Waals surface area contributed by atoms with Gasteiger partial charge in [0.1, 0.15) is 6.23 Å². The molecule has 0 radical (unpaired) electrons. The van der Waals surface area contributed by atoms with E-state index >= 15 is 0 Å². The third-order valence-corrected chi connectivity index (χ3v) is 2.55. The Hall–Kier alpha value is -0.550. The normalized spacial score (nSPS) is 21.3. The van der Waals surface area contributed by atoms with Crippen LogP contribution >= 0.6 is 11.8 Å². The van der Waals surface area contributed by atoms with Crippen LogP contribution in [0.1, 0.15) is 13.3 Å². The zero-order chi connectivity index (χ0) is 9.14. The van der Waals surface area contributed by atoms with Crippen LogP contribution in [0.4, 0.5) is 0 Å². The van der Waals surface area contributed by atoms with Gasteiger partial charge in [-0.1, -0.05) is 18.7 Å². The van der Waals surface area contributed by atoms with Gasteiger partial charge in [0.05, 0.1) is 0 Å². The first-order chi connectivity index (χ1) is 5.66. The fourth-order valence-corrected chi connectivity index (χ4v) is 1.74. The molecule has 1 atom stereocenters. The fourth-order valence-electron chi connectivity index (χ4n) is 1.02. The predicted octanol–water partition coefficient (Wildman–Crippen LogP) is -0.183. The van der Waals surface area contributed by atoms with Gasteiger partial charge in [0.2, 0.25) is 0 Å². The number of hydrogen-bond donors (Lipinski definition) is 1. The summed E-state index contributed by atoms with van der Waals surface area (Å²) in [6, 6.07) is 0. The van der Waals surface area contributed by atoms with Gasteiger partial charge in [-0.05, 0) is 6.42 Å². The second-order valence-corrected chi connectivity index (χ2v) is 3.59. The maximum absolute atomic E-state index is 11.1. The van der Waals surface area contributed by atoms with Crippen LogP contribution in [0.15, 0.2) is 0 Å². The predicted molar refractivity (Wildman–Crippen MR) is 45.5 cm³/mol. The molecule has 1 rings (SSSR count). The van der Waals surface area contributed by atoms with E-state index in [4.69, 9.17) is 0 Å². The Morgan fingerprint density at radius 1 is 1.67 bits per heavy atom. The lowest BCUT2D eigenvalue weighted by atomic mass is 10.3. The van der Waals surface area contributed by atoms with Crippen LogP contribution in [0.5, 0.6) is 0 Å². The third-order valence-electron chi connectivity index (χ3n) is 1.73. The van der Waals surface area contributed by atoms with Crippen LogP contribution in [-0.4, -0.2) is 39.6 Å². The summed E-state index contributed by atoms with van der Waals surface area (Å²) in [6.07, 6.45) is -0.341. The van der Waals surface area contributed by atoms with Crippen molar-refractivity contribution in [3.05, 3.63) is 0 Å². The van der Waals surface area contributed by atoms with E-state index in [1.54, 1.807) is 6.92 Å². The molecule has 0 aromatic heterocycles. The number of carbonyl (C=O) groups is 2. The summed E-state index contributed by atoms with van der Waals surface area (Å²) in [5, 5.41) is 8.85. The molecule has 0 aliphatic carbocycles. The van der Waals surface area contributed by atoms with Gasteiger partial charge in [0, 0.05) is 12.3 Å². The SMILES string of the molecule is CCC(O)N1CCSC(=O)C1=O. The van der Waals surface area contributed by atoms with Crippen molar-refractivity contribution in [3.63, 3.8) is 0 Å². The molecule has 5 heteroatoms. The molecule has 1 amide bonds. The molecule has 1 unspecified atom stereocenters. The Morgan fingerprint density at radius 2 is 2.33 bits per heavy atom. The maximum atomic E-state index is 11.1. The average Bonchev–Trinajstić information content (AvgIpc) is 2.08. The second-order valence-electron chi connectivity index (χ2n) is 2.52. The van der Waals surface area contributed by atoms with Crippen LogP contribution < -0.4 is 0 Å². The zero-order valence-electron chi connectivity index (χ0n) is 6.82. The highest BCUT2D eigenvalue weighted by atomic mass is 32.2. The highest BCUT2D eigenvalue weighted by Gasteiger charge is 2.30. The molecule has 1 N–H and O–H groups in total. The van der Waals surface area contributed by atoms with Gasteiger partial charge in [-0.2, -0.15) is 0 Å². The minimum Gasteiger partial charge on any atom is -0.374 e. The summed E-state index contributed by atoms with van der Waals surface area (Å²) in [6.45, 7) is 2.23. The van der Waals surface area contributed by atoms with Gasteiger partial charge >= 0.3 is 5.91 Å². The van der Waals surface area contributed by atoms with Crippen molar-refractivity contribution in [1.29, 1.82) is 0 Å². The summed E-state index contributed by atoms with van der Waals surface area (Å²) in [4.78, 5) is 23.2. The Morgan fingerprint density at radius 3 is 2.92 bits per heavy atom. The summed E-state index contributed by atoms with van der Waals surface area (Å²) in [5.74, 6) is 0.0161. The van der Waals surface area contributed by atoms with Gasteiger partial charge in [-0.3, -0.25) is 9.59 Å². The molecule has 1 saturated heterocycles. The summed E-state index contributed by atoms with van der Waals surface area (Å²) in [7, 11) is 0. The topological polar surface area (TPSA) is 57.6 Å². The van der Waals surface area contributed by atoms with E-state index in [1.165, 1.54) is 4.90 Å². The highest BCUT2D eigenvalue weighted by molar-refractivity contribution is 8.15. The lowest BCUT2D eigenvalue weighted by Gasteiger charge is -2.29. The number of nitrogens with zero attached hydrogens (tertiary/aromatic N) is 1. The molecule has 1 fully saturated rings. The third kappa shape index (κ3) is 1.78. The van der Waals surface area contributed by atoms with Gasteiger partial charge in [0.25, 0.3) is 5.12 Å². The number of thioether (sulfide) groups is 1. The summed E-state index contributed by atoms with van der Waals surface area (Å²) >= 11 is 1.02. The molecule has 0 aromatic rings. The number of rotatable bonds is 2. The largest absolute Gasteiger partial charge is 0.374 e. The molecule has 0 saturated carbocycles. The molecule has 0 spiro atoms. The van der Waals surface area contributed by atoms with Gasteiger partial charge in [-0.25, -0.2) is 0 Å². The quantitative estimate of drug-likeness (QED) is 0.612. The Balaban J connectivity index is 2.64. The molecular formula is C7H11NO3S. The number of carbonyl (C=O) groups excluding carboxylic acids is 2.